The molecule has 0 atom stereocenters. The highest BCUT2D eigenvalue weighted by molar-refractivity contribution is 6.75. The van der Waals surface area contributed by atoms with E-state index in [0.29, 0.717) is 6.42 Å². The van der Waals surface area contributed by atoms with Gasteiger partial charge in [0, 0.05) is 6.42 Å². The standard InChI is InChI=1S/C21H44O2Si/c1-5-9-12-15-18-24(23-21(22)8-4,19-16-13-10-6-2)20-17-14-11-7-3/h5-20H2,1-4H3. The second kappa shape index (κ2) is 16.2. The van der Waals surface area contributed by atoms with Crippen LogP contribution in [-0.4, -0.2) is 14.3 Å². The van der Waals surface area contributed by atoms with Gasteiger partial charge in [0.05, 0.1) is 0 Å². The maximum Gasteiger partial charge on any atom is 0.292 e. The van der Waals surface area contributed by atoms with E-state index in [2.05, 4.69) is 20.8 Å². The van der Waals surface area contributed by atoms with E-state index in [1.807, 2.05) is 6.92 Å². The Hall–Kier alpha value is -0.313. The molecule has 0 saturated carbocycles. The summed E-state index contributed by atoms with van der Waals surface area (Å²) in [5, 5.41) is 0. The number of hydrogen-bond acceptors (Lipinski definition) is 2. The Kier molecular flexibility index (Phi) is 16.0. The van der Waals surface area contributed by atoms with Crippen molar-refractivity contribution in [1.82, 2.24) is 0 Å². The molecule has 0 aromatic carbocycles. The molecular weight excluding hydrogens is 312 g/mol. The van der Waals surface area contributed by atoms with E-state index in [1.165, 1.54) is 95.2 Å². The molecule has 144 valence electrons. The van der Waals surface area contributed by atoms with Crippen molar-refractivity contribution in [3.05, 3.63) is 0 Å². The van der Waals surface area contributed by atoms with Crippen LogP contribution in [0.5, 0.6) is 0 Å². The Morgan fingerprint density at radius 2 is 1.00 bits per heavy atom. The fraction of sp³-hybridized carbons (Fsp3) is 0.952. The van der Waals surface area contributed by atoms with Crippen LogP contribution in [0.15, 0.2) is 0 Å². The summed E-state index contributed by atoms with van der Waals surface area (Å²) in [5.41, 5.74) is 0. The molecule has 0 rings (SSSR count). The van der Waals surface area contributed by atoms with Crippen LogP contribution in [0.2, 0.25) is 18.1 Å². The van der Waals surface area contributed by atoms with Crippen LogP contribution in [0, 0.1) is 0 Å². The predicted molar refractivity (Wildman–Crippen MR) is 109 cm³/mol. The average Bonchev–Trinajstić information content (AvgIpc) is 2.59. The maximum atomic E-state index is 12.1. The number of carbonyl (C=O) groups is 1. The third-order valence-corrected chi connectivity index (χ3v) is 9.53. The van der Waals surface area contributed by atoms with Crippen LogP contribution in [0.4, 0.5) is 0 Å². The van der Waals surface area contributed by atoms with Crippen molar-refractivity contribution >= 4 is 14.3 Å². The summed E-state index contributed by atoms with van der Waals surface area (Å²) in [6, 6.07) is 3.62. The van der Waals surface area contributed by atoms with Crippen molar-refractivity contribution < 1.29 is 9.22 Å². The van der Waals surface area contributed by atoms with Gasteiger partial charge in [-0.2, -0.15) is 0 Å². The van der Waals surface area contributed by atoms with Crippen LogP contribution < -0.4 is 0 Å². The Morgan fingerprint density at radius 3 is 1.29 bits per heavy atom. The minimum absolute atomic E-state index is 0.0585. The molecule has 0 amide bonds. The Bertz CT molecular complexity index is 260. The molecule has 24 heavy (non-hydrogen) atoms. The Balaban J connectivity index is 4.74. The molecule has 0 N–H and O–H groups in total. The van der Waals surface area contributed by atoms with Gasteiger partial charge in [-0.05, 0) is 18.1 Å². The number of carbonyl (C=O) groups excluding carboxylic acids is 1. The second-order valence-corrected chi connectivity index (χ2v) is 11.5. The number of rotatable bonds is 17. The molecule has 0 spiro atoms. The first kappa shape index (κ1) is 23.7. The van der Waals surface area contributed by atoms with Gasteiger partial charge in [0.1, 0.15) is 0 Å². The van der Waals surface area contributed by atoms with Gasteiger partial charge in [0.2, 0.25) is 0 Å². The fourth-order valence-corrected chi connectivity index (χ4v) is 7.83. The van der Waals surface area contributed by atoms with Gasteiger partial charge in [-0.25, -0.2) is 0 Å². The zero-order valence-electron chi connectivity index (χ0n) is 17.1. The Labute approximate surface area is 153 Å². The summed E-state index contributed by atoms with van der Waals surface area (Å²) < 4.78 is 6.23. The van der Waals surface area contributed by atoms with Crippen LogP contribution >= 0.6 is 0 Å². The molecule has 0 aliphatic heterocycles. The first-order valence-electron chi connectivity index (χ1n) is 10.9. The highest BCUT2D eigenvalue weighted by Crippen LogP contribution is 2.31. The highest BCUT2D eigenvalue weighted by atomic mass is 28.4. The first-order valence-corrected chi connectivity index (χ1v) is 13.4. The summed E-state index contributed by atoms with van der Waals surface area (Å²) >= 11 is 0. The largest absolute Gasteiger partial charge is 0.519 e. The van der Waals surface area contributed by atoms with Gasteiger partial charge >= 0.3 is 0 Å². The molecule has 0 heterocycles. The summed E-state index contributed by atoms with van der Waals surface area (Å²) in [6.45, 7) is 8.72. The zero-order valence-corrected chi connectivity index (χ0v) is 18.1. The molecule has 0 aliphatic carbocycles. The second-order valence-electron chi connectivity index (χ2n) is 7.44. The van der Waals surface area contributed by atoms with E-state index in [4.69, 9.17) is 4.43 Å². The molecule has 0 aromatic rings. The molecule has 2 nitrogen and oxygen atoms in total. The lowest BCUT2D eigenvalue weighted by molar-refractivity contribution is -0.135. The maximum absolute atomic E-state index is 12.1. The van der Waals surface area contributed by atoms with E-state index in [0.717, 1.165) is 0 Å². The van der Waals surface area contributed by atoms with Gasteiger partial charge < -0.3 is 4.43 Å². The zero-order chi connectivity index (χ0) is 18.1. The molecule has 3 heteroatoms. The van der Waals surface area contributed by atoms with Gasteiger partial charge in [0.25, 0.3) is 14.3 Å². The van der Waals surface area contributed by atoms with E-state index >= 15 is 0 Å². The minimum Gasteiger partial charge on any atom is -0.519 e. The summed E-state index contributed by atoms with van der Waals surface area (Å²) in [7, 11) is -1.88. The molecular formula is C21H44O2Si. The van der Waals surface area contributed by atoms with Crippen LogP contribution in [0.1, 0.15) is 111 Å². The van der Waals surface area contributed by atoms with Crippen molar-refractivity contribution in [1.29, 1.82) is 0 Å². The van der Waals surface area contributed by atoms with E-state index in [-0.39, 0.29) is 5.97 Å². The van der Waals surface area contributed by atoms with Gasteiger partial charge in [-0.1, -0.05) is 105 Å². The normalized spacial score (nSPS) is 11.7. The monoisotopic (exact) mass is 356 g/mol. The lowest BCUT2D eigenvalue weighted by Gasteiger charge is -2.31. The summed E-state index contributed by atoms with van der Waals surface area (Å²) in [4.78, 5) is 12.1. The van der Waals surface area contributed by atoms with Crippen LogP contribution in [0.25, 0.3) is 0 Å². The van der Waals surface area contributed by atoms with Crippen LogP contribution in [0.3, 0.4) is 0 Å². The lowest BCUT2D eigenvalue weighted by Crippen LogP contribution is -2.40. The van der Waals surface area contributed by atoms with Gasteiger partial charge in [0.15, 0.2) is 0 Å². The van der Waals surface area contributed by atoms with Crippen LogP contribution in [-0.2, 0) is 9.22 Å². The van der Waals surface area contributed by atoms with E-state index in [1.54, 1.807) is 0 Å². The van der Waals surface area contributed by atoms with Crippen molar-refractivity contribution in [2.45, 2.75) is 129 Å². The predicted octanol–water partition coefficient (Wildman–Crippen LogP) is 7.63. The topological polar surface area (TPSA) is 26.3 Å². The molecule has 0 bridgehead atoms. The first-order chi connectivity index (χ1) is 11.6. The van der Waals surface area contributed by atoms with Gasteiger partial charge in [-0.3, -0.25) is 4.79 Å². The quantitative estimate of drug-likeness (QED) is 0.198. The Morgan fingerprint density at radius 1 is 0.625 bits per heavy atom. The molecule has 0 aliphatic rings. The number of unbranched alkanes of at least 4 members (excludes halogenated alkanes) is 9. The van der Waals surface area contributed by atoms with Crippen molar-refractivity contribution in [2.24, 2.45) is 0 Å². The van der Waals surface area contributed by atoms with Crippen molar-refractivity contribution in [2.75, 3.05) is 0 Å². The SMILES string of the molecule is CCCCCC[Si](CCCCCC)(CCCCCC)OC(=O)CC. The average molecular weight is 357 g/mol. The third-order valence-electron chi connectivity index (χ3n) is 5.08. The fourth-order valence-electron chi connectivity index (χ4n) is 3.46. The molecule has 0 fully saturated rings. The highest BCUT2D eigenvalue weighted by Gasteiger charge is 2.36. The van der Waals surface area contributed by atoms with Crippen molar-refractivity contribution in [3.63, 3.8) is 0 Å². The summed E-state index contributed by atoms with van der Waals surface area (Å²) in [6.07, 6.45) is 16.0. The molecule has 0 radical (unpaired) electrons. The van der Waals surface area contributed by atoms with E-state index < -0.39 is 8.32 Å². The summed E-state index contributed by atoms with van der Waals surface area (Å²) in [5.74, 6) is 0.0585. The third kappa shape index (κ3) is 12.1. The number of hydrogen-bond donors (Lipinski definition) is 0. The molecule has 0 unspecified atom stereocenters. The lowest BCUT2D eigenvalue weighted by atomic mass is 10.2. The minimum atomic E-state index is -1.88. The molecule has 0 aromatic heterocycles. The van der Waals surface area contributed by atoms with Gasteiger partial charge in [-0.15, -0.1) is 0 Å². The molecule has 0 saturated heterocycles. The smallest absolute Gasteiger partial charge is 0.292 e. The van der Waals surface area contributed by atoms with E-state index in [9.17, 15) is 4.79 Å². The van der Waals surface area contributed by atoms with Crippen molar-refractivity contribution in [3.8, 4) is 0 Å².